The van der Waals surface area contributed by atoms with Crippen LogP contribution in [-0.4, -0.2) is 19.5 Å². The zero-order valence-electron chi connectivity index (χ0n) is 30.0. The van der Waals surface area contributed by atoms with Gasteiger partial charge in [-0.1, -0.05) is 166 Å². The van der Waals surface area contributed by atoms with Crippen molar-refractivity contribution in [2.24, 2.45) is 0 Å². The van der Waals surface area contributed by atoms with Crippen molar-refractivity contribution in [1.82, 2.24) is 19.5 Å². The van der Waals surface area contributed by atoms with E-state index in [0.717, 1.165) is 44.1 Å². The highest BCUT2D eigenvalue weighted by Gasteiger charge is 2.19. The Labute approximate surface area is 310 Å². The lowest BCUT2D eigenvalue weighted by Crippen LogP contribution is -2.06. The summed E-state index contributed by atoms with van der Waals surface area (Å²) in [5, 5.41) is 2.30. The van der Waals surface area contributed by atoms with Crippen LogP contribution in [0.2, 0.25) is 0 Å². The van der Waals surface area contributed by atoms with Gasteiger partial charge in [0.25, 0.3) is 0 Å². The lowest BCUT2D eigenvalue weighted by molar-refractivity contribution is 0.869. The van der Waals surface area contributed by atoms with Gasteiger partial charge in [0.1, 0.15) is 0 Å². The molecule has 0 saturated carbocycles. The Hall–Kier alpha value is -6.65. The number of fused-ring (bicyclic) bond motifs is 3. The van der Waals surface area contributed by atoms with E-state index < -0.39 is 0 Å². The van der Waals surface area contributed by atoms with E-state index in [9.17, 15) is 0 Å². The second-order valence-corrected chi connectivity index (χ2v) is 13.9. The van der Waals surface area contributed by atoms with Crippen LogP contribution in [0.25, 0.3) is 83.9 Å². The lowest BCUT2D eigenvalue weighted by atomic mass is 9.88. The first-order valence-electron chi connectivity index (χ1n) is 18.2. The molecule has 0 unspecified atom stereocenters. The monoisotopic (exact) mass is 682 g/mol. The van der Waals surface area contributed by atoms with Crippen molar-refractivity contribution in [2.75, 3.05) is 0 Å². The number of hydrogen-bond donors (Lipinski definition) is 0. The number of nitrogens with zero attached hydrogens (tertiary/aromatic N) is 4. The highest BCUT2D eigenvalue weighted by molar-refractivity contribution is 6.10. The van der Waals surface area contributed by atoms with E-state index in [0.29, 0.717) is 23.5 Å². The molecule has 0 aliphatic heterocycles. The smallest absolute Gasteiger partial charge is 0.238 e. The SMILES string of the molecule is Cc1ccc(-c2ccc(-c3ccc4c5ccccc5n(-c5nc(-c6ccccc6)nc(-c6ccccc6)n5)c4c3)cc2)cc1-c1ccccc1C(C)C. The van der Waals surface area contributed by atoms with Gasteiger partial charge in [-0.3, -0.25) is 4.57 Å². The summed E-state index contributed by atoms with van der Waals surface area (Å²) in [6.07, 6.45) is 0. The number of para-hydroxylation sites is 1. The Balaban J connectivity index is 1.15. The molecule has 4 nitrogen and oxygen atoms in total. The van der Waals surface area contributed by atoms with Crippen LogP contribution in [0.3, 0.4) is 0 Å². The molecule has 0 N–H and O–H groups in total. The standard InChI is InChI=1S/C49H38N4/c1-32(2)40-18-10-11-19-41(40)44-30-38(23-22-33(44)3)34-24-26-35(27-25-34)39-28-29-43-42-20-12-13-21-45(42)53(46(43)31-39)49-51-47(36-14-6-4-7-15-36)50-48(52-49)37-16-8-5-9-17-37/h4-32H,1-3H3. The van der Waals surface area contributed by atoms with E-state index in [2.05, 4.69) is 135 Å². The van der Waals surface area contributed by atoms with Gasteiger partial charge in [-0.15, -0.1) is 0 Å². The molecular weight excluding hydrogens is 645 g/mol. The van der Waals surface area contributed by atoms with Crippen molar-refractivity contribution < 1.29 is 0 Å². The van der Waals surface area contributed by atoms with Crippen LogP contribution < -0.4 is 0 Å². The third-order valence-corrected chi connectivity index (χ3v) is 10.2. The zero-order chi connectivity index (χ0) is 35.9. The van der Waals surface area contributed by atoms with E-state index in [1.807, 2.05) is 60.7 Å². The van der Waals surface area contributed by atoms with Gasteiger partial charge in [-0.25, -0.2) is 4.98 Å². The Bertz CT molecular complexity index is 2690. The molecule has 9 aromatic rings. The fraction of sp³-hybridized carbons (Fsp3) is 0.0816. The maximum Gasteiger partial charge on any atom is 0.238 e. The molecule has 0 fully saturated rings. The molecule has 2 heterocycles. The molecule has 0 atom stereocenters. The minimum absolute atomic E-state index is 0.450. The average molecular weight is 683 g/mol. The molecule has 0 spiro atoms. The molecule has 53 heavy (non-hydrogen) atoms. The molecule has 254 valence electrons. The number of hydrogen-bond acceptors (Lipinski definition) is 3. The van der Waals surface area contributed by atoms with E-state index >= 15 is 0 Å². The van der Waals surface area contributed by atoms with E-state index in [4.69, 9.17) is 15.0 Å². The minimum atomic E-state index is 0.450. The summed E-state index contributed by atoms with van der Waals surface area (Å²) in [5.41, 5.74) is 13.9. The van der Waals surface area contributed by atoms with Crippen LogP contribution in [0.5, 0.6) is 0 Å². The summed E-state index contributed by atoms with van der Waals surface area (Å²) < 4.78 is 2.19. The molecule has 0 amide bonds. The van der Waals surface area contributed by atoms with Gasteiger partial charge in [-0.2, -0.15) is 9.97 Å². The lowest BCUT2D eigenvalue weighted by Gasteiger charge is -2.16. The van der Waals surface area contributed by atoms with E-state index in [1.165, 1.54) is 33.4 Å². The first-order chi connectivity index (χ1) is 26.0. The normalized spacial score (nSPS) is 11.5. The molecule has 7 aromatic carbocycles. The van der Waals surface area contributed by atoms with Crippen molar-refractivity contribution in [3.8, 4) is 62.1 Å². The third kappa shape index (κ3) is 5.98. The van der Waals surface area contributed by atoms with E-state index in [-0.39, 0.29) is 0 Å². The van der Waals surface area contributed by atoms with Crippen LogP contribution in [-0.2, 0) is 0 Å². The molecule has 0 saturated heterocycles. The highest BCUT2D eigenvalue weighted by atomic mass is 15.2. The molecular formula is C49H38N4. The predicted molar refractivity (Wildman–Crippen MR) is 220 cm³/mol. The average Bonchev–Trinajstić information content (AvgIpc) is 3.55. The van der Waals surface area contributed by atoms with Crippen LogP contribution in [0, 0.1) is 6.92 Å². The Morgan fingerprint density at radius 2 is 0.943 bits per heavy atom. The molecule has 9 rings (SSSR count). The molecule has 0 aliphatic rings. The first-order valence-corrected chi connectivity index (χ1v) is 18.2. The van der Waals surface area contributed by atoms with Crippen LogP contribution in [0.4, 0.5) is 0 Å². The quantitative estimate of drug-likeness (QED) is 0.168. The maximum atomic E-state index is 5.11. The number of aryl methyl sites for hydroxylation is 1. The predicted octanol–water partition coefficient (Wildman–Crippen LogP) is 12.7. The summed E-state index contributed by atoms with van der Waals surface area (Å²) in [7, 11) is 0. The van der Waals surface area contributed by atoms with Crippen molar-refractivity contribution in [1.29, 1.82) is 0 Å². The summed E-state index contributed by atoms with van der Waals surface area (Å²) in [4.78, 5) is 15.2. The Morgan fingerprint density at radius 3 is 1.60 bits per heavy atom. The van der Waals surface area contributed by atoms with E-state index in [1.54, 1.807) is 0 Å². The summed E-state index contributed by atoms with van der Waals surface area (Å²) >= 11 is 0. The minimum Gasteiger partial charge on any atom is -0.278 e. The van der Waals surface area contributed by atoms with Gasteiger partial charge in [-0.05, 0) is 75.5 Å². The summed E-state index contributed by atoms with van der Waals surface area (Å²) in [6.45, 7) is 6.74. The van der Waals surface area contributed by atoms with Crippen molar-refractivity contribution >= 4 is 21.8 Å². The van der Waals surface area contributed by atoms with Gasteiger partial charge in [0.05, 0.1) is 11.0 Å². The number of aromatic nitrogens is 4. The molecule has 0 bridgehead atoms. The zero-order valence-corrected chi connectivity index (χ0v) is 30.0. The van der Waals surface area contributed by atoms with Gasteiger partial charge in [0, 0.05) is 21.9 Å². The molecule has 4 heteroatoms. The largest absolute Gasteiger partial charge is 0.278 e. The van der Waals surface area contributed by atoms with Crippen LogP contribution in [0.15, 0.2) is 170 Å². The summed E-state index contributed by atoms with van der Waals surface area (Å²) in [5.74, 6) is 2.32. The van der Waals surface area contributed by atoms with Gasteiger partial charge in [0.2, 0.25) is 5.95 Å². The Morgan fingerprint density at radius 1 is 0.415 bits per heavy atom. The van der Waals surface area contributed by atoms with Crippen molar-refractivity contribution in [3.05, 3.63) is 181 Å². The topological polar surface area (TPSA) is 43.6 Å². The fourth-order valence-electron chi connectivity index (χ4n) is 7.46. The first kappa shape index (κ1) is 32.3. The number of rotatable bonds is 7. The summed E-state index contributed by atoms with van der Waals surface area (Å²) in [6, 6.07) is 60.0. The third-order valence-electron chi connectivity index (χ3n) is 10.2. The number of benzene rings is 7. The molecule has 0 radical (unpaired) electrons. The second kappa shape index (κ2) is 13.5. The fourth-order valence-corrected chi connectivity index (χ4v) is 7.46. The van der Waals surface area contributed by atoms with Crippen molar-refractivity contribution in [2.45, 2.75) is 26.7 Å². The van der Waals surface area contributed by atoms with Crippen LogP contribution in [0.1, 0.15) is 30.9 Å². The molecule has 2 aromatic heterocycles. The maximum absolute atomic E-state index is 5.11. The van der Waals surface area contributed by atoms with Crippen molar-refractivity contribution in [3.63, 3.8) is 0 Å². The second-order valence-electron chi connectivity index (χ2n) is 13.9. The van der Waals surface area contributed by atoms with Gasteiger partial charge in [0.15, 0.2) is 11.6 Å². The Kier molecular flexibility index (Phi) is 8.21. The van der Waals surface area contributed by atoms with Gasteiger partial charge >= 0.3 is 0 Å². The molecule has 0 aliphatic carbocycles. The van der Waals surface area contributed by atoms with Gasteiger partial charge < -0.3 is 0 Å². The van der Waals surface area contributed by atoms with Crippen LogP contribution >= 0.6 is 0 Å². The highest BCUT2D eigenvalue weighted by Crippen LogP contribution is 2.37.